The molecule has 0 aromatic heterocycles. The zero-order chi connectivity index (χ0) is 15.0. The molecule has 0 bridgehead atoms. The van der Waals surface area contributed by atoms with Crippen molar-refractivity contribution < 1.29 is 9.53 Å². The molecule has 0 N–H and O–H groups in total. The van der Waals surface area contributed by atoms with Gasteiger partial charge in [0.1, 0.15) is 0 Å². The molecule has 1 rings (SSSR count). The third-order valence-corrected chi connectivity index (χ3v) is 4.02. The van der Waals surface area contributed by atoms with E-state index in [1.54, 1.807) is 18.9 Å². The van der Waals surface area contributed by atoms with Crippen LogP contribution in [0.1, 0.15) is 26.3 Å². The first-order chi connectivity index (χ1) is 9.42. The van der Waals surface area contributed by atoms with Crippen LogP contribution < -0.4 is 0 Å². The molecule has 0 radical (unpaired) electrons. The minimum absolute atomic E-state index is 0.106. The molecular formula is C16H25NO2S. The summed E-state index contributed by atoms with van der Waals surface area (Å²) in [4.78, 5) is 14.2. The lowest BCUT2D eigenvalue weighted by molar-refractivity contribution is -0.129. The van der Waals surface area contributed by atoms with Gasteiger partial charge in [-0.2, -0.15) is 0 Å². The molecule has 0 fully saturated rings. The van der Waals surface area contributed by atoms with Crippen LogP contribution in [0.3, 0.4) is 0 Å². The number of hydrogen-bond donors (Lipinski definition) is 0. The van der Waals surface area contributed by atoms with E-state index >= 15 is 0 Å². The molecular weight excluding hydrogens is 270 g/mol. The third-order valence-electron chi connectivity index (χ3n) is 2.76. The Hall–Kier alpha value is -1.000. The number of amides is 1. The van der Waals surface area contributed by atoms with E-state index in [0.717, 1.165) is 5.56 Å². The summed E-state index contributed by atoms with van der Waals surface area (Å²) in [6, 6.07) is 10.1. The molecule has 0 aliphatic heterocycles. The summed E-state index contributed by atoms with van der Waals surface area (Å²) < 4.78 is 5.21. The molecule has 20 heavy (non-hydrogen) atoms. The van der Waals surface area contributed by atoms with E-state index in [2.05, 4.69) is 20.8 Å². The van der Waals surface area contributed by atoms with Crippen molar-refractivity contribution in [2.45, 2.75) is 32.1 Å². The van der Waals surface area contributed by atoms with Gasteiger partial charge in [-0.15, -0.1) is 11.8 Å². The van der Waals surface area contributed by atoms with Gasteiger partial charge in [0.25, 0.3) is 0 Å². The Labute approximate surface area is 126 Å². The maximum absolute atomic E-state index is 12.3. The van der Waals surface area contributed by atoms with Gasteiger partial charge in [-0.05, 0) is 5.56 Å². The smallest absolute Gasteiger partial charge is 0.232 e. The van der Waals surface area contributed by atoms with Gasteiger partial charge >= 0.3 is 0 Å². The van der Waals surface area contributed by atoms with E-state index in [4.69, 9.17) is 4.74 Å². The number of methoxy groups -OCH3 is 1. The number of nitrogens with zero attached hydrogens (tertiary/aromatic N) is 1. The van der Waals surface area contributed by atoms with Crippen LogP contribution in [-0.4, -0.2) is 41.6 Å². The molecule has 0 saturated carbocycles. The van der Waals surface area contributed by atoms with E-state index in [0.29, 0.717) is 25.4 Å². The first kappa shape index (κ1) is 17.1. The Morgan fingerprint density at radius 1 is 1.25 bits per heavy atom. The van der Waals surface area contributed by atoms with Crippen molar-refractivity contribution >= 4 is 17.7 Å². The lowest BCUT2D eigenvalue weighted by Crippen LogP contribution is -2.35. The molecule has 3 nitrogen and oxygen atoms in total. The lowest BCUT2D eigenvalue weighted by atomic mass is 10.2. The Morgan fingerprint density at radius 2 is 1.90 bits per heavy atom. The Bertz CT molecular complexity index is 401. The predicted octanol–water partition coefficient (Wildman–Crippen LogP) is 3.19. The summed E-state index contributed by atoms with van der Waals surface area (Å²) in [5, 5.41) is 0. The van der Waals surface area contributed by atoms with Crippen LogP contribution in [0.5, 0.6) is 0 Å². The van der Waals surface area contributed by atoms with Gasteiger partial charge in [0.05, 0.1) is 12.4 Å². The highest BCUT2D eigenvalue weighted by atomic mass is 32.2. The summed E-state index contributed by atoms with van der Waals surface area (Å²) in [5.41, 5.74) is 1.15. The molecule has 4 heteroatoms. The molecule has 1 amide bonds. The molecule has 0 unspecified atom stereocenters. The van der Waals surface area contributed by atoms with Crippen LogP contribution in [0.4, 0.5) is 0 Å². The number of carbonyl (C=O) groups excluding carboxylic acids is 1. The van der Waals surface area contributed by atoms with Crippen LogP contribution in [0, 0.1) is 0 Å². The highest BCUT2D eigenvalue weighted by molar-refractivity contribution is 8.01. The molecule has 0 saturated heterocycles. The summed E-state index contributed by atoms with van der Waals surface area (Å²) in [5.74, 6) is 0.686. The van der Waals surface area contributed by atoms with Crippen LogP contribution in [0.15, 0.2) is 30.3 Å². The lowest BCUT2D eigenvalue weighted by Gasteiger charge is -2.24. The minimum Gasteiger partial charge on any atom is -0.383 e. The molecule has 0 spiro atoms. The monoisotopic (exact) mass is 295 g/mol. The molecule has 0 aliphatic carbocycles. The summed E-state index contributed by atoms with van der Waals surface area (Å²) in [6.07, 6.45) is 0. The van der Waals surface area contributed by atoms with E-state index < -0.39 is 0 Å². The van der Waals surface area contributed by atoms with Crippen LogP contribution in [-0.2, 0) is 16.1 Å². The minimum atomic E-state index is 0.106. The van der Waals surface area contributed by atoms with Gasteiger partial charge in [0.2, 0.25) is 5.91 Å². The summed E-state index contributed by atoms with van der Waals surface area (Å²) >= 11 is 1.68. The maximum Gasteiger partial charge on any atom is 0.232 e. The number of ether oxygens (including phenoxy) is 1. The number of benzene rings is 1. The van der Waals surface area contributed by atoms with Gasteiger partial charge < -0.3 is 9.64 Å². The number of carbonyl (C=O) groups is 1. The van der Waals surface area contributed by atoms with Crippen molar-refractivity contribution in [3.63, 3.8) is 0 Å². The predicted molar refractivity (Wildman–Crippen MR) is 85.9 cm³/mol. The number of rotatable bonds is 7. The molecule has 112 valence electrons. The van der Waals surface area contributed by atoms with E-state index in [-0.39, 0.29) is 10.7 Å². The summed E-state index contributed by atoms with van der Waals surface area (Å²) in [7, 11) is 1.66. The highest BCUT2D eigenvalue weighted by Crippen LogP contribution is 2.23. The molecule has 0 atom stereocenters. The second-order valence-corrected chi connectivity index (χ2v) is 7.50. The Balaban J connectivity index is 2.61. The molecule has 0 heterocycles. The SMILES string of the molecule is COCCN(Cc1ccccc1)C(=O)CSC(C)(C)C. The van der Waals surface area contributed by atoms with Crippen molar-refractivity contribution in [2.24, 2.45) is 0 Å². The topological polar surface area (TPSA) is 29.5 Å². The summed E-state index contributed by atoms with van der Waals surface area (Å²) in [6.45, 7) is 8.23. The fourth-order valence-electron chi connectivity index (χ4n) is 1.67. The largest absolute Gasteiger partial charge is 0.383 e. The Kier molecular flexibility index (Phi) is 7.10. The van der Waals surface area contributed by atoms with Crippen LogP contribution >= 0.6 is 11.8 Å². The number of hydrogen-bond acceptors (Lipinski definition) is 3. The van der Waals surface area contributed by atoms with E-state index in [9.17, 15) is 4.79 Å². The van der Waals surface area contributed by atoms with Gasteiger partial charge in [0, 0.05) is 24.9 Å². The third kappa shape index (κ3) is 6.96. The normalized spacial score (nSPS) is 11.4. The first-order valence-electron chi connectivity index (χ1n) is 6.87. The second kappa shape index (κ2) is 8.32. The Morgan fingerprint density at radius 3 is 2.45 bits per heavy atom. The van der Waals surface area contributed by atoms with Crippen LogP contribution in [0.2, 0.25) is 0 Å². The molecule has 1 aromatic rings. The second-order valence-electron chi connectivity index (χ2n) is 5.69. The van der Waals surface area contributed by atoms with Crippen molar-refractivity contribution in [1.29, 1.82) is 0 Å². The van der Waals surface area contributed by atoms with Crippen molar-refractivity contribution in [3.8, 4) is 0 Å². The first-order valence-corrected chi connectivity index (χ1v) is 7.85. The van der Waals surface area contributed by atoms with Gasteiger partial charge in [-0.3, -0.25) is 4.79 Å². The average Bonchev–Trinajstić information content (AvgIpc) is 2.41. The molecule has 0 aliphatic rings. The van der Waals surface area contributed by atoms with Crippen molar-refractivity contribution in [3.05, 3.63) is 35.9 Å². The molecule has 1 aromatic carbocycles. The standard InChI is InChI=1S/C16H25NO2S/c1-16(2,3)20-13-15(18)17(10-11-19-4)12-14-8-6-5-7-9-14/h5-9H,10-13H2,1-4H3. The van der Waals surface area contributed by atoms with E-state index in [1.165, 1.54) is 0 Å². The number of thioether (sulfide) groups is 1. The van der Waals surface area contributed by atoms with Gasteiger partial charge in [-0.1, -0.05) is 51.1 Å². The highest BCUT2D eigenvalue weighted by Gasteiger charge is 2.18. The zero-order valence-electron chi connectivity index (χ0n) is 12.9. The van der Waals surface area contributed by atoms with E-state index in [1.807, 2.05) is 35.2 Å². The van der Waals surface area contributed by atoms with Gasteiger partial charge in [0.15, 0.2) is 0 Å². The van der Waals surface area contributed by atoms with Gasteiger partial charge in [-0.25, -0.2) is 0 Å². The quantitative estimate of drug-likeness (QED) is 0.773. The van der Waals surface area contributed by atoms with Crippen molar-refractivity contribution in [2.75, 3.05) is 26.0 Å². The van der Waals surface area contributed by atoms with Crippen LogP contribution in [0.25, 0.3) is 0 Å². The van der Waals surface area contributed by atoms with Crippen molar-refractivity contribution in [1.82, 2.24) is 4.90 Å². The fraction of sp³-hybridized carbons (Fsp3) is 0.562. The fourth-order valence-corrected chi connectivity index (χ4v) is 2.41. The zero-order valence-corrected chi connectivity index (χ0v) is 13.7. The maximum atomic E-state index is 12.3. The average molecular weight is 295 g/mol.